The van der Waals surface area contributed by atoms with Gasteiger partial charge in [0, 0.05) is 22.7 Å². The molecule has 0 aliphatic heterocycles. The van der Waals surface area contributed by atoms with Crippen LogP contribution in [0, 0.1) is 0 Å². The zero-order valence-electron chi connectivity index (χ0n) is 15.5. The molecular weight excluding hydrogens is 419 g/mol. The third-order valence-corrected chi connectivity index (χ3v) is 5.15. The highest BCUT2D eigenvalue weighted by atomic mass is 32.1. The lowest BCUT2D eigenvalue weighted by Crippen LogP contribution is -2.25. The lowest BCUT2D eigenvalue weighted by atomic mass is 10.1. The Bertz CT molecular complexity index is 1250. The highest BCUT2D eigenvalue weighted by molar-refractivity contribution is 7.03. The lowest BCUT2D eigenvalue weighted by Gasteiger charge is -2.14. The van der Waals surface area contributed by atoms with Gasteiger partial charge < -0.3 is 5.11 Å². The fourth-order valence-corrected chi connectivity index (χ4v) is 3.45. The Morgan fingerprint density at radius 1 is 1.20 bits per heavy atom. The molecule has 1 N–H and O–H groups in total. The average molecular weight is 433 g/mol. The van der Waals surface area contributed by atoms with Gasteiger partial charge in [0.1, 0.15) is 11.2 Å². The van der Waals surface area contributed by atoms with Gasteiger partial charge in [-0.15, -0.1) is 0 Å². The van der Waals surface area contributed by atoms with Gasteiger partial charge in [-0.05, 0) is 36.7 Å². The number of hydrogen-bond acceptors (Lipinski definition) is 7. The van der Waals surface area contributed by atoms with Gasteiger partial charge in [-0.2, -0.15) is 13.2 Å². The van der Waals surface area contributed by atoms with Crippen molar-refractivity contribution in [1.29, 1.82) is 0 Å². The van der Waals surface area contributed by atoms with E-state index < -0.39 is 23.5 Å². The number of alkyl halides is 3. The number of hydrogen-bond donors (Lipinski definition) is 1. The van der Waals surface area contributed by atoms with Crippen molar-refractivity contribution in [3.63, 3.8) is 0 Å². The smallest absolute Gasteiger partial charge is 0.394 e. The molecule has 4 aromatic rings. The highest BCUT2D eigenvalue weighted by Crippen LogP contribution is 2.31. The summed E-state index contributed by atoms with van der Waals surface area (Å²) in [4.78, 5) is 25.4. The van der Waals surface area contributed by atoms with E-state index in [2.05, 4.69) is 19.3 Å². The number of pyridine rings is 2. The number of halogens is 3. The van der Waals surface area contributed by atoms with Crippen LogP contribution in [-0.2, 0) is 6.18 Å². The van der Waals surface area contributed by atoms with Gasteiger partial charge in [0.05, 0.1) is 41.9 Å². The van der Waals surface area contributed by atoms with Crippen LogP contribution in [0.2, 0.25) is 0 Å². The van der Waals surface area contributed by atoms with Gasteiger partial charge in [-0.1, -0.05) is 0 Å². The summed E-state index contributed by atoms with van der Waals surface area (Å²) in [5.74, 6) is 0. The molecule has 0 saturated carbocycles. The molecule has 4 heterocycles. The molecule has 1 atom stereocenters. The number of aliphatic hydroxyl groups excluding tert-OH is 1. The van der Waals surface area contributed by atoms with Gasteiger partial charge in [0.2, 0.25) is 0 Å². The number of nitrogens with zero attached hydrogens (tertiary/aromatic N) is 5. The maximum atomic E-state index is 13.0. The predicted molar refractivity (Wildman–Crippen MR) is 105 cm³/mol. The van der Waals surface area contributed by atoms with Crippen LogP contribution in [-0.4, -0.2) is 35.6 Å². The first kappa shape index (κ1) is 20.1. The Labute approximate surface area is 171 Å². The SMILES string of the molecule is CC(CO)n1cnc2c(-c3cnsc3)nc(-c3ccc(C(F)(F)F)nc3)cc2c1=O. The van der Waals surface area contributed by atoms with Crippen LogP contribution in [0.15, 0.2) is 47.1 Å². The van der Waals surface area contributed by atoms with Crippen LogP contribution in [0.4, 0.5) is 13.2 Å². The molecule has 30 heavy (non-hydrogen) atoms. The summed E-state index contributed by atoms with van der Waals surface area (Å²) in [7, 11) is 0. The fourth-order valence-electron chi connectivity index (χ4n) is 2.93. The largest absolute Gasteiger partial charge is 0.433 e. The number of aromatic nitrogens is 5. The van der Waals surface area contributed by atoms with Crippen LogP contribution in [0.3, 0.4) is 0 Å². The van der Waals surface area contributed by atoms with Crippen LogP contribution in [0.1, 0.15) is 18.7 Å². The summed E-state index contributed by atoms with van der Waals surface area (Å²) in [5, 5.41) is 11.4. The van der Waals surface area contributed by atoms with Gasteiger partial charge in [-0.3, -0.25) is 14.3 Å². The van der Waals surface area contributed by atoms with Crippen molar-refractivity contribution in [2.75, 3.05) is 6.61 Å². The molecular formula is C19H14F3N5O2S. The summed E-state index contributed by atoms with van der Waals surface area (Å²) >= 11 is 1.19. The van der Waals surface area contributed by atoms with Crippen molar-refractivity contribution in [3.8, 4) is 22.5 Å². The number of fused-ring (bicyclic) bond motifs is 1. The molecule has 154 valence electrons. The molecule has 0 aliphatic rings. The summed E-state index contributed by atoms with van der Waals surface area (Å²) in [6, 6.07) is 3.09. The zero-order valence-corrected chi connectivity index (χ0v) is 16.3. The van der Waals surface area contributed by atoms with E-state index in [1.54, 1.807) is 18.5 Å². The van der Waals surface area contributed by atoms with E-state index in [1.807, 2.05) is 0 Å². The van der Waals surface area contributed by atoms with Crippen molar-refractivity contribution >= 4 is 22.4 Å². The second kappa shape index (κ2) is 7.58. The normalized spacial score (nSPS) is 13.0. The Morgan fingerprint density at radius 3 is 2.60 bits per heavy atom. The van der Waals surface area contributed by atoms with Gasteiger partial charge in [0.15, 0.2) is 0 Å². The third-order valence-electron chi connectivity index (χ3n) is 4.56. The Kier molecular flexibility index (Phi) is 5.08. The molecule has 7 nitrogen and oxygen atoms in total. The molecule has 0 fully saturated rings. The molecule has 0 amide bonds. The molecule has 1 unspecified atom stereocenters. The van der Waals surface area contributed by atoms with E-state index in [0.29, 0.717) is 22.3 Å². The zero-order chi connectivity index (χ0) is 21.5. The van der Waals surface area contributed by atoms with E-state index in [-0.39, 0.29) is 17.7 Å². The average Bonchev–Trinajstić information content (AvgIpc) is 3.27. The number of aliphatic hydroxyl groups is 1. The highest BCUT2D eigenvalue weighted by Gasteiger charge is 2.32. The first-order valence-corrected chi connectivity index (χ1v) is 9.59. The van der Waals surface area contributed by atoms with Crippen molar-refractivity contribution in [2.45, 2.75) is 19.1 Å². The molecule has 0 spiro atoms. The van der Waals surface area contributed by atoms with Gasteiger partial charge >= 0.3 is 6.18 Å². The van der Waals surface area contributed by atoms with E-state index in [4.69, 9.17) is 0 Å². The van der Waals surface area contributed by atoms with Crippen molar-refractivity contribution < 1.29 is 18.3 Å². The quantitative estimate of drug-likeness (QED) is 0.529. The summed E-state index contributed by atoms with van der Waals surface area (Å²) in [6.07, 6.45) is -0.570. The fraction of sp³-hybridized carbons (Fsp3) is 0.211. The molecule has 4 aromatic heterocycles. The second-order valence-electron chi connectivity index (χ2n) is 6.58. The van der Waals surface area contributed by atoms with E-state index in [0.717, 1.165) is 12.3 Å². The van der Waals surface area contributed by atoms with E-state index >= 15 is 0 Å². The molecule has 0 saturated heterocycles. The van der Waals surface area contributed by atoms with Gasteiger partial charge in [0.25, 0.3) is 5.56 Å². The molecule has 0 bridgehead atoms. The summed E-state index contributed by atoms with van der Waals surface area (Å²) in [6.45, 7) is 1.41. The summed E-state index contributed by atoms with van der Waals surface area (Å²) in [5.41, 5.74) is 0.538. The Hall–Kier alpha value is -3.18. The molecule has 0 radical (unpaired) electrons. The van der Waals surface area contributed by atoms with Crippen LogP contribution in [0.25, 0.3) is 33.4 Å². The maximum absolute atomic E-state index is 13.0. The van der Waals surface area contributed by atoms with Crippen LogP contribution >= 0.6 is 11.5 Å². The minimum Gasteiger partial charge on any atom is -0.394 e. The maximum Gasteiger partial charge on any atom is 0.433 e. The molecule has 0 aliphatic carbocycles. The lowest BCUT2D eigenvalue weighted by molar-refractivity contribution is -0.141. The van der Waals surface area contributed by atoms with E-state index in [9.17, 15) is 23.1 Å². The second-order valence-corrected chi connectivity index (χ2v) is 7.24. The van der Waals surface area contributed by atoms with Crippen molar-refractivity contribution in [1.82, 2.24) is 23.9 Å². The van der Waals surface area contributed by atoms with Crippen molar-refractivity contribution in [3.05, 3.63) is 58.3 Å². The molecule has 11 heteroatoms. The standard InChI is InChI=1S/C19H14F3N5O2S/c1-10(7-28)27-9-24-17-13(18(27)29)4-14(26-16(17)12-6-25-30-8-12)11-2-3-15(23-5-11)19(20,21)22/h2-6,8-10,28H,7H2,1H3. The van der Waals surface area contributed by atoms with Gasteiger partial charge in [-0.25, -0.2) is 14.3 Å². The molecule has 4 rings (SSSR count). The third kappa shape index (κ3) is 3.57. The Morgan fingerprint density at radius 2 is 2.00 bits per heavy atom. The summed E-state index contributed by atoms with van der Waals surface area (Å²) < 4.78 is 43.8. The minimum absolute atomic E-state index is 0.226. The monoisotopic (exact) mass is 433 g/mol. The van der Waals surface area contributed by atoms with Crippen LogP contribution in [0.5, 0.6) is 0 Å². The number of rotatable bonds is 4. The van der Waals surface area contributed by atoms with Crippen LogP contribution < -0.4 is 5.56 Å². The minimum atomic E-state index is -4.55. The van der Waals surface area contributed by atoms with E-state index in [1.165, 1.54) is 34.6 Å². The first-order valence-electron chi connectivity index (χ1n) is 8.75. The van der Waals surface area contributed by atoms with Crippen molar-refractivity contribution in [2.24, 2.45) is 0 Å². The topological polar surface area (TPSA) is 93.8 Å². The predicted octanol–water partition coefficient (Wildman–Crippen LogP) is 3.55. The first-order chi connectivity index (χ1) is 14.3. The Balaban J connectivity index is 1.96. The molecule has 0 aromatic carbocycles.